The third-order valence-corrected chi connectivity index (χ3v) is 4.04. The minimum atomic E-state index is -0.243. The van der Waals surface area contributed by atoms with Crippen LogP contribution in [0.1, 0.15) is 22.6 Å². The predicted molar refractivity (Wildman–Crippen MR) is 94.0 cm³/mol. The lowest BCUT2D eigenvalue weighted by atomic mass is 10.1. The van der Waals surface area contributed by atoms with E-state index in [4.69, 9.17) is 14.8 Å². The average molecular weight is 344 g/mol. The molecule has 1 aliphatic rings. The number of β-amino-alcohol motifs (C(OH)–C–C–N with tert-alkyl or cyclic N) is 1. The predicted octanol–water partition coefficient (Wildman–Crippen LogP) is 0.826. The molecular formula is C18H24N4O3. The zero-order valence-corrected chi connectivity index (χ0v) is 14.6. The number of pyridine rings is 1. The van der Waals surface area contributed by atoms with Crippen LogP contribution >= 0.6 is 0 Å². The summed E-state index contributed by atoms with van der Waals surface area (Å²) in [5.74, 6) is 0.922. The van der Waals surface area contributed by atoms with E-state index in [1.54, 1.807) is 0 Å². The van der Waals surface area contributed by atoms with Gasteiger partial charge in [0.05, 0.1) is 12.7 Å². The summed E-state index contributed by atoms with van der Waals surface area (Å²) in [6, 6.07) is 6.37. The molecule has 3 heterocycles. The molecule has 0 unspecified atom stereocenters. The van der Waals surface area contributed by atoms with Crippen LogP contribution in [0.4, 0.5) is 5.82 Å². The fourth-order valence-electron chi connectivity index (χ4n) is 2.84. The first-order valence-electron chi connectivity index (χ1n) is 8.52. The monoisotopic (exact) mass is 344 g/mol. The van der Waals surface area contributed by atoms with Crippen molar-refractivity contribution in [3.05, 3.63) is 40.8 Å². The number of anilines is 1. The number of aliphatic hydroxyl groups is 2. The molecule has 0 atom stereocenters. The molecule has 0 saturated carbocycles. The Balaban J connectivity index is 1.68. The van der Waals surface area contributed by atoms with E-state index in [0.29, 0.717) is 19.1 Å². The van der Waals surface area contributed by atoms with Crippen LogP contribution in [0.5, 0.6) is 6.01 Å². The van der Waals surface area contributed by atoms with Crippen LogP contribution in [0.3, 0.4) is 0 Å². The first-order valence-corrected chi connectivity index (χ1v) is 8.52. The number of nitrogens with zero attached hydrogens (tertiary/aromatic N) is 4. The summed E-state index contributed by atoms with van der Waals surface area (Å²) in [5.41, 5.74) is 3.90. The molecule has 0 bridgehead atoms. The molecule has 1 fully saturated rings. The van der Waals surface area contributed by atoms with Gasteiger partial charge in [-0.3, -0.25) is 0 Å². The van der Waals surface area contributed by atoms with Crippen molar-refractivity contribution in [1.29, 1.82) is 0 Å². The quantitative estimate of drug-likeness (QED) is 0.768. The molecular weight excluding hydrogens is 320 g/mol. The van der Waals surface area contributed by atoms with Gasteiger partial charge in [0.15, 0.2) is 0 Å². The smallest absolute Gasteiger partial charge is 0.316 e. The molecule has 0 amide bonds. The van der Waals surface area contributed by atoms with Gasteiger partial charge < -0.3 is 19.8 Å². The fourth-order valence-corrected chi connectivity index (χ4v) is 2.84. The second kappa shape index (κ2) is 7.76. The van der Waals surface area contributed by atoms with Crippen molar-refractivity contribution in [2.75, 3.05) is 31.2 Å². The Morgan fingerprint density at radius 2 is 1.80 bits per heavy atom. The lowest BCUT2D eigenvalue weighted by Crippen LogP contribution is -2.51. The molecule has 2 aromatic heterocycles. The van der Waals surface area contributed by atoms with Crippen LogP contribution in [0.25, 0.3) is 0 Å². The van der Waals surface area contributed by atoms with Gasteiger partial charge in [0.25, 0.3) is 0 Å². The summed E-state index contributed by atoms with van der Waals surface area (Å²) in [5, 5.41) is 18.3. The second-order valence-electron chi connectivity index (χ2n) is 6.41. The lowest BCUT2D eigenvalue weighted by molar-refractivity contribution is 0.141. The van der Waals surface area contributed by atoms with Crippen molar-refractivity contribution >= 4 is 5.82 Å². The maximum Gasteiger partial charge on any atom is 0.316 e. The number of hydrogen-bond donors (Lipinski definition) is 2. The third kappa shape index (κ3) is 4.64. The molecule has 0 radical (unpaired) electrons. The molecule has 3 rings (SSSR count). The van der Waals surface area contributed by atoms with E-state index < -0.39 is 0 Å². The second-order valence-corrected chi connectivity index (χ2v) is 6.41. The Labute approximate surface area is 147 Å². The minimum Gasteiger partial charge on any atom is -0.461 e. The van der Waals surface area contributed by atoms with E-state index in [9.17, 15) is 5.11 Å². The van der Waals surface area contributed by atoms with Crippen LogP contribution in [0, 0.1) is 13.8 Å². The van der Waals surface area contributed by atoms with E-state index in [-0.39, 0.29) is 19.3 Å². The first kappa shape index (κ1) is 17.6. The Bertz CT molecular complexity index is 732. The molecule has 7 nitrogen and oxygen atoms in total. The van der Waals surface area contributed by atoms with E-state index in [0.717, 1.165) is 41.3 Å². The standard InChI is InChI=1S/C18H24N4O3/c1-12-7-14(20-17(8-12)22-10-16(24)11-22)3-4-15-9-13(2)19-18(21-15)25-6-5-23/h7-9,16,23-24H,3-6,10-11H2,1-2H3. The van der Waals surface area contributed by atoms with Crippen molar-refractivity contribution in [2.45, 2.75) is 32.8 Å². The molecule has 0 aliphatic carbocycles. The van der Waals surface area contributed by atoms with E-state index in [1.165, 1.54) is 0 Å². The van der Waals surface area contributed by atoms with Crippen molar-refractivity contribution in [2.24, 2.45) is 0 Å². The van der Waals surface area contributed by atoms with Gasteiger partial charge in [-0.15, -0.1) is 0 Å². The summed E-state index contributed by atoms with van der Waals surface area (Å²) >= 11 is 0. The molecule has 134 valence electrons. The van der Waals surface area contributed by atoms with Gasteiger partial charge in [0, 0.05) is 30.2 Å². The molecule has 2 N–H and O–H groups in total. The largest absolute Gasteiger partial charge is 0.461 e. The maximum atomic E-state index is 9.47. The Morgan fingerprint density at radius 3 is 2.48 bits per heavy atom. The SMILES string of the molecule is Cc1cc(CCc2cc(C)nc(OCCO)n2)nc(N2CC(O)C2)c1. The number of rotatable bonds is 7. The van der Waals surface area contributed by atoms with Crippen molar-refractivity contribution < 1.29 is 14.9 Å². The summed E-state index contributed by atoms with van der Waals surface area (Å²) in [6.07, 6.45) is 1.25. The number of hydrogen-bond acceptors (Lipinski definition) is 7. The summed E-state index contributed by atoms with van der Waals surface area (Å²) in [7, 11) is 0. The van der Waals surface area contributed by atoms with Gasteiger partial charge in [-0.1, -0.05) is 0 Å². The highest BCUT2D eigenvalue weighted by Gasteiger charge is 2.25. The van der Waals surface area contributed by atoms with Gasteiger partial charge in [-0.25, -0.2) is 15.0 Å². The number of ether oxygens (including phenoxy) is 1. The topological polar surface area (TPSA) is 91.6 Å². The van der Waals surface area contributed by atoms with Crippen LogP contribution < -0.4 is 9.64 Å². The van der Waals surface area contributed by atoms with Crippen LogP contribution in [-0.2, 0) is 12.8 Å². The number of aliphatic hydroxyl groups excluding tert-OH is 2. The zero-order valence-electron chi connectivity index (χ0n) is 14.6. The van der Waals surface area contributed by atoms with Crippen LogP contribution in [0.15, 0.2) is 18.2 Å². The highest BCUT2D eigenvalue weighted by molar-refractivity contribution is 5.45. The minimum absolute atomic E-state index is 0.0617. The highest BCUT2D eigenvalue weighted by Crippen LogP contribution is 2.21. The summed E-state index contributed by atoms with van der Waals surface area (Å²) in [6.45, 7) is 5.37. The van der Waals surface area contributed by atoms with E-state index >= 15 is 0 Å². The van der Waals surface area contributed by atoms with E-state index in [2.05, 4.69) is 27.9 Å². The Hall–Kier alpha value is -2.25. The molecule has 7 heteroatoms. The molecule has 0 aromatic carbocycles. The van der Waals surface area contributed by atoms with Crippen molar-refractivity contribution in [3.63, 3.8) is 0 Å². The molecule has 0 spiro atoms. The summed E-state index contributed by atoms with van der Waals surface area (Å²) in [4.78, 5) is 15.4. The van der Waals surface area contributed by atoms with Crippen LogP contribution in [0.2, 0.25) is 0 Å². The van der Waals surface area contributed by atoms with Gasteiger partial charge in [-0.05, 0) is 50.5 Å². The van der Waals surface area contributed by atoms with Crippen LogP contribution in [-0.4, -0.2) is 57.6 Å². The Morgan fingerprint density at radius 1 is 1.08 bits per heavy atom. The van der Waals surface area contributed by atoms with Gasteiger partial charge in [0.1, 0.15) is 12.4 Å². The average Bonchev–Trinajstić information content (AvgIpc) is 2.54. The summed E-state index contributed by atoms with van der Waals surface area (Å²) < 4.78 is 5.31. The van der Waals surface area contributed by atoms with E-state index in [1.807, 2.05) is 19.1 Å². The number of aryl methyl sites for hydroxylation is 4. The lowest BCUT2D eigenvalue weighted by Gasteiger charge is -2.37. The molecule has 2 aromatic rings. The van der Waals surface area contributed by atoms with Gasteiger partial charge in [-0.2, -0.15) is 0 Å². The molecule has 1 saturated heterocycles. The number of aromatic nitrogens is 3. The fraction of sp³-hybridized carbons (Fsp3) is 0.500. The normalized spacial score (nSPS) is 14.5. The highest BCUT2D eigenvalue weighted by atomic mass is 16.5. The first-order chi connectivity index (χ1) is 12.0. The van der Waals surface area contributed by atoms with Gasteiger partial charge in [0.2, 0.25) is 0 Å². The van der Waals surface area contributed by atoms with Crippen molar-refractivity contribution in [1.82, 2.24) is 15.0 Å². The molecule has 1 aliphatic heterocycles. The maximum absolute atomic E-state index is 9.47. The zero-order chi connectivity index (χ0) is 17.8. The third-order valence-electron chi connectivity index (χ3n) is 4.04. The Kier molecular flexibility index (Phi) is 5.45. The molecule has 25 heavy (non-hydrogen) atoms. The van der Waals surface area contributed by atoms with Crippen molar-refractivity contribution in [3.8, 4) is 6.01 Å². The van der Waals surface area contributed by atoms with Gasteiger partial charge >= 0.3 is 6.01 Å².